The Bertz CT molecular complexity index is 708. The maximum atomic E-state index is 12.5. The fraction of sp³-hybridized carbons (Fsp3) is 0.368. The second-order valence-corrected chi connectivity index (χ2v) is 5.94. The molecule has 1 aliphatic carbocycles. The van der Waals surface area contributed by atoms with Crippen LogP contribution in [0.15, 0.2) is 36.4 Å². The van der Waals surface area contributed by atoms with Crippen LogP contribution < -0.4 is 4.74 Å². The van der Waals surface area contributed by atoms with Crippen LogP contribution >= 0.6 is 0 Å². The van der Waals surface area contributed by atoms with Gasteiger partial charge in [0.1, 0.15) is 5.75 Å². The van der Waals surface area contributed by atoms with Gasteiger partial charge in [-0.1, -0.05) is 26.0 Å². The van der Waals surface area contributed by atoms with Gasteiger partial charge in [0.15, 0.2) is 5.78 Å². The molecule has 1 heterocycles. The third-order valence-corrected chi connectivity index (χ3v) is 4.54. The monoisotopic (exact) mass is 295 g/mol. The first kappa shape index (κ1) is 14.8. The van der Waals surface area contributed by atoms with E-state index in [4.69, 9.17) is 9.72 Å². The number of carbonyl (C=O) groups excluding carboxylic acids is 1. The lowest BCUT2D eigenvalue weighted by molar-refractivity contribution is 0.0889. The van der Waals surface area contributed by atoms with Gasteiger partial charge in [0.25, 0.3) is 0 Å². The van der Waals surface area contributed by atoms with Crippen molar-refractivity contribution in [3.63, 3.8) is 0 Å². The number of pyridine rings is 1. The number of Topliss-reactive ketones (excluding diaryl/α,β-unsaturated/α-hetero) is 1. The van der Waals surface area contributed by atoms with Crippen LogP contribution in [0.1, 0.15) is 48.7 Å². The molecule has 0 aliphatic heterocycles. The molecule has 0 spiro atoms. The number of carbonyl (C=O) groups is 1. The summed E-state index contributed by atoms with van der Waals surface area (Å²) in [5, 5.41) is 0. The van der Waals surface area contributed by atoms with Crippen molar-refractivity contribution in [1.29, 1.82) is 0 Å². The van der Waals surface area contributed by atoms with Gasteiger partial charge in [0.2, 0.25) is 0 Å². The highest BCUT2D eigenvalue weighted by Gasteiger charge is 2.31. The maximum Gasteiger partial charge on any atom is 0.167 e. The Morgan fingerprint density at radius 1 is 1.18 bits per heavy atom. The highest BCUT2D eigenvalue weighted by Crippen LogP contribution is 2.37. The average Bonchev–Trinajstić information content (AvgIpc) is 2.57. The van der Waals surface area contributed by atoms with E-state index in [-0.39, 0.29) is 11.7 Å². The van der Waals surface area contributed by atoms with E-state index in [2.05, 4.69) is 13.8 Å². The van der Waals surface area contributed by atoms with Crippen molar-refractivity contribution in [3.8, 4) is 17.0 Å². The Morgan fingerprint density at radius 2 is 1.95 bits per heavy atom. The summed E-state index contributed by atoms with van der Waals surface area (Å²) in [5.74, 6) is 1.50. The minimum absolute atomic E-state index is 0.140. The van der Waals surface area contributed by atoms with Crippen molar-refractivity contribution in [2.75, 3.05) is 7.11 Å². The van der Waals surface area contributed by atoms with Gasteiger partial charge < -0.3 is 4.74 Å². The lowest BCUT2D eigenvalue weighted by Crippen LogP contribution is -2.25. The molecule has 0 bridgehead atoms. The van der Waals surface area contributed by atoms with E-state index in [1.54, 1.807) is 7.11 Å². The fourth-order valence-electron chi connectivity index (χ4n) is 3.28. The predicted octanol–water partition coefficient (Wildman–Crippen LogP) is 4.47. The van der Waals surface area contributed by atoms with Gasteiger partial charge in [-0.3, -0.25) is 9.78 Å². The number of fused-ring (bicyclic) bond motifs is 1. The molecule has 1 aromatic carbocycles. The molecular weight excluding hydrogens is 274 g/mol. The molecule has 2 aromatic rings. The van der Waals surface area contributed by atoms with Gasteiger partial charge in [0, 0.05) is 17.0 Å². The van der Waals surface area contributed by atoms with Gasteiger partial charge in [-0.2, -0.15) is 0 Å². The number of rotatable bonds is 3. The van der Waals surface area contributed by atoms with Crippen LogP contribution in [0, 0.1) is 5.92 Å². The maximum absolute atomic E-state index is 12.5. The zero-order valence-corrected chi connectivity index (χ0v) is 13.3. The van der Waals surface area contributed by atoms with E-state index in [0.29, 0.717) is 5.92 Å². The lowest BCUT2D eigenvalue weighted by atomic mass is 9.78. The van der Waals surface area contributed by atoms with Gasteiger partial charge in [-0.05, 0) is 43.0 Å². The number of para-hydroxylation sites is 1. The first-order chi connectivity index (χ1) is 10.7. The van der Waals surface area contributed by atoms with Gasteiger partial charge in [0.05, 0.1) is 18.5 Å². The molecule has 0 amide bonds. The first-order valence-electron chi connectivity index (χ1n) is 7.84. The van der Waals surface area contributed by atoms with E-state index in [0.717, 1.165) is 41.1 Å². The number of ketones is 1. The number of hydrogen-bond donors (Lipinski definition) is 0. The van der Waals surface area contributed by atoms with Gasteiger partial charge in [-0.25, -0.2) is 0 Å². The summed E-state index contributed by atoms with van der Waals surface area (Å²) >= 11 is 0. The topological polar surface area (TPSA) is 39.2 Å². The Kier molecular flexibility index (Phi) is 3.97. The van der Waals surface area contributed by atoms with Crippen molar-refractivity contribution in [3.05, 3.63) is 47.7 Å². The van der Waals surface area contributed by atoms with Crippen molar-refractivity contribution < 1.29 is 9.53 Å². The molecule has 22 heavy (non-hydrogen) atoms. The summed E-state index contributed by atoms with van der Waals surface area (Å²) in [5.41, 5.74) is 3.55. The third kappa shape index (κ3) is 2.41. The molecule has 2 unspecified atom stereocenters. The molecule has 0 N–H and O–H groups in total. The smallest absolute Gasteiger partial charge is 0.167 e. The number of aromatic nitrogens is 1. The van der Waals surface area contributed by atoms with Gasteiger partial charge >= 0.3 is 0 Å². The molecule has 3 heteroatoms. The minimum Gasteiger partial charge on any atom is -0.496 e. The van der Waals surface area contributed by atoms with Crippen LogP contribution in [0.5, 0.6) is 5.75 Å². The third-order valence-electron chi connectivity index (χ3n) is 4.54. The van der Waals surface area contributed by atoms with Crippen LogP contribution in [0.25, 0.3) is 11.3 Å². The molecule has 114 valence electrons. The molecule has 3 rings (SSSR count). The fourth-order valence-corrected chi connectivity index (χ4v) is 3.28. The standard InChI is InChI=1S/C19H21NO2/c1-4-13-11-12(2)18-15(19(13)21)9-10-16(20-18)14-7-5-6-8-17(14)22-3/h5-10,12-13H,4,11H2,1-3H3. The Labute approximate surface area is 131 Å². The SMILES string of the molecule is CCC1CC(C)c2nc(-c3ccccc3OC)ccc2C1=O. The van der Waals surface area contributed by atoms with Crippen molar-refractivity contribution >= 4 is 5.78 Å². The second kappa shape index (κ2) is 5.91. The summed E-state index contributed by atoms with van der Waals surface area (Å²) in [6.45, 7) is 4.24. The summed E-state index contributed by atoms with van der Waals surface area (Å²) < 4.78 is 5.42. The van der Waals surface area contributed by atoms with E-state index < -0.39 is 0 Å². The summed E-state index contributed by atoms with van der Waals surface area (Å²) in [6.07, 6.45) is 1.79. The van der Waals surface area contributed by atoms with Gasteiger partial charge in [-0.15, -0.1) is 0 Å². The number of benzene rings is 1. The summed E-state index contributed by atoms with van der Waals surface area (Å²) in [7, 11) is 1.66. The summed E-state index contributed by atoms with van der Waals surface area (Å²) in [4.78, 5) is 17.3. The highest BCUT2D eigenvalue weighted by molar-refractivity contribution is 6.00. The first-order valence-corrected chi connectivity index (χ1v) is 7.84. The van der Waals surface area contributed by atoms with Crippen LogP contribution in [0.2, 0.25) is 0 Å². The number of hydrogen-bond acceptors (Lipinski definition) is 3. The number of nitrogens with zero attached hydrogens (tertiary/aromatic N) is 1. The highest BCUT2D eigenvalue weighted by atomic mass is 16.5. The van der Waals surface area contributed by atoms with Crippen molar-refractivity contribution in [2.24, 2.45) is 5.92 Å². The minimum atomic E-state index is 0.140. The molecule has 0 fully saturated rings. The molecule has 0 radical (unpaired) electrons. The van der Waals surface area contributed by atoms with E-state index in [1.165, 1.54) is 0 Å². The molecular formula is C19H21NO2. The largest absolute Gasteiger partial charge is 0.496 e. The Balaban J connectivity index is 2.08. The molecule has 0 saturated heterocycles. The quantitative estimate of drug-likeness (QED) is 0.838. The van der Waals surface area contributed by atoms with E-state index >= 15 is 0 Å². The van der Waals surface area contributed by atoms with Crippen molar-refractivity contribution in [2.45, 2.75) is 32.6 Å². The summed E-state index contributed by atoms with van der Waals surface area (Å²) in [6, 6.07) is 11.7. The zero-order chi connectivity index (χ0) is 15.7. The van der Waals surface area contributed by atoms with Crippen LogP contribution in [-0.4, -0.2) is 17.9 Å². The number of ether oxygens (including phenoxy) is 1. The van der Waals surface area contributed by atoms with E-state index in [1.807, 2.05) is 36.4 Å². The van der Waals surface area contributed by atoms with E-state index in [9.17, 15) is 4.79 Å². The molecule has 0 saturated carbocycles. The lowest BCUT2D eigenvalue weighted by Gasteiger charge is -2.27. The van der Waals surface area contributed by atoms with Crippen LogP contribution in [0.4, 0.5) is 0 Å². The molecule has 1 aromatic heterocycles. The molecule has 3 nitrogen and oxygen atoms in total. The average molecular weight is 295 g/mol. The Hall–Kier alpha value is -2.16. The van der Waals surface area contributed by atoms with Crippen molar-refractivity contribution in [1.82, 2.24) is 4.98 Å². The second-order valence-electron chi connectivity index (χ2n) is 5.94. The zero-order valence-electron chi connectivity index (χ0n) is 13.3. The number of methoxy groups -OCH3 is 1. The Morgan fingerprint density at radius 3 is 2.68 bits per heavy atom. The molecule has 1 aliphatic rings. The predicted molar refractivity (Wildman–Crippen MR) is 87.4 cm³/mol. The molecule has 2 atom stereocenters. The van der Waals surface area contributed by atoms with Crippen LogP contribution in [-0.2, 0) is 0 Å². The normalized spacial score (nSPS) is 20.6. The van der Waals surface area contributed by atoms with Crippen LogP contribution in [0.3, 0.4) is 0 Å².